The van der Waals surface area contributed by atoms with Crippen LogP contribution in [0, 0.1) is 6.92 Å². The normalized spacial score (nSPS) is 18.3. The molecule has 1 fully saturated rings. The van der Waals surface area contributed by atoms with Gasteiger partial charge in [-0.05, 0) is 51.7 Å². The first-order valence-electron chi connectivity index (χ1n) is 10.2. The Labute approximate surface area is 163 Å². The highest BCUT2D eigenvalue weighted by Gasteiger charge is 2.14. The summed E-state index contributed by atoms with van der Waals surface area (Å²) >= 11 is 1.58. The van der Waals surface area contributed by atoms with E-state index in [2.05, 4.69) is 41.7 Å². The van der Waals surface area contributed by atoms with Gasteiger partial charge in [-0.15, -0.1) is 11.8 Å². The highest BCUT2D eigenvalue weighted by atomic mass is 32.2. The van der Waals surface area contributed by atoms with Gasteiger partial charge in [0.15, 0.2) is 0 Å². The van der Waals surface area contributed by atoms with Crippen LogP contribution in [0.4, 0.5) is 0 Å². The number of rotatable bonds is 4. The van der Waals surface area contributed by atoms with Crippen molar-refractivity contribution in [1.82, 2.24) is 5.43 Å². The quantitative estimate of drug-likeness (QED) is 0.500. The zero-order chi connectivity index (χ0) is 18.6. The van der Waals surface area contributed by atoms with Crippen molar-refractivity contribution in [2.24, 2.45) is 5.10 Å². The maximum absolute atomic E-state index is 12.4. The fourth-order valence-electron chi connectivity index (χ4n) is 3.23. The van der Waals surface area contributed by atoms with Crippen molar-refractivity contribution in [2.45, 2.75) is 94.6 Å². The van der Waals surface area contributed by atoms with E-state index < -0.39 is 0 Å². The molecule has 1 aliphatic carbocycles. The van der Waals surface area contributed by atoms with Crippen LogP contribution in [0.2, 0.25) is 0 Å². The van der Waals surface area contributed by atoms with Gasteiger partial charge in [-0.25, -0.2) is 5.43 Å². The molecule has 3 nitrogen and oxygen atoms in total. The molecule has 1 N–H and O–H groups in total. The van der Waals surface area contributed by atoms with Gasteiger partial charge >= 0.3 is 0 Å². The number of amides is 1. The molecule has 2 rings (SSSR count). The van der Waals surface area contributed by atoms with Crippen LogP contribution >= 0.6 is 11.8 Å². The SMILES string of the molecule is Cc1ccc(S[C@H](C)C(=O)NN=C2CCCCCCCCCCC2)cc1. The number of carbonyl (C=O) groups is 1. The highest BCUT2D eigenvalue weighted by Crippen LogP contribution is 2.23. The molecule has 1 saturated carbocycles. The lowest BCUT2D eigenvalue weighted by molar-refractivity contribution is -0.120. The molecule has 0 radical (unpaired) electrons. The summed E-state index contributed by atoms with van der Waals surface area (Å²) in [5, 5.41) is 4.35. The van der Waals surface area contributed by atoms with Gasteiger partial charge in [-0.2, -0.15) is 5.10 Å². The third-order valence-corrected chi connectivity index (χ3v) is 6.07. The Morgan fingerprint density at radius 3 is 1.96 bits per heavy atom. The van der Waals surface area contributed by atoms with Crippen molar-refractivity contribution >= 4 is 23.4 Å². The van der Waals surface area contributed by atoms with Crippen molar-refractivity contribution in [3.8, 4) is 0 Å². The molecule has 26 heavy (non-hydrogen) atoms. The summed E-state index contributed by atoms with van der Waals surface area (Å²) in [7, 11) is 0. The first-order chi connectivity index (χ1) is 12.6. The lowest BCUT2D eigenvalue weighted by Crippen LogP contribution is -2.28. The van der Waals surface area contributed by atoms with Crippen molar-refractivity contribution in [3.05, 3.63) is 29.8 Å². The van der Waals surface area contributed by atoms with Gasteiger partial charge in [0.2, 0.25) is 0 Å². The molecule has 0 bridgehead atoms. The minimum absolute atomic E-state index is 0.00538. The molecule has 0 aromatic heterocycles. The van der Waals surface area contributed by atoms with E-state index >= 15 is 0 Å². The number of nitrogens with one attached hydrogen (secondary N) is 1. The molecule has 1 atom stereocenters. The molecule has 1 amide bonds. The molecule has 4 heteroatoms. The average Bonchev–Trinajstić information content (AvgIpc) is 2.63. The first-order valence-corrected chi connectivity index (χ1v) is 11.1. The van der Waals surface area contributed by atoms with Gasteiger partial charge < -0.3 is 0 Å². The van der Waals surface area contributed by atoms with E-state index in [1.807, 2.05) is 6.92 Å². The molecule has 0 aliphatic heterocycles. The Morgan fingerprint density at radius 2 is 1.42 bits per heavy atom. The third-order valence-electron chi connectivity index (χ3n) is 4.96. The number of hydrogen-bond donors (Lipinski definition) is 1. The van der Waals surface area contributed by atoms with Crippen molar-refractivity contribution in [2.75, 3.05) is 0 Å². The second-order valence-electron chi connectivity index (χ2n) is 7.41. The Balaban J connectivity index is 1.83. The molecule has 0 heterocycles. The van der Waals surface area contributed by atoms with E-state index in [1.54, 1.807) is 11.8 Å². The topological polar surface area (TPSA) is 41.5 Å². The molecular formula is C22H34N2OS. The summed E-state index contributed by atoms with van der Waals surface area (Å²) in [6.07, 6.45) is 13.8. The zero-order valence-corrected chi connectivity index (χ0v) is 17.2. The summed E-state index contributed by atoms with van der Waals surface area (Å²) < 4.78 is 0. The van der Waals surface area contributed by atoms with Crippen LogP contribution in [0.5, 0.6) is 0 Å². The molecule has 0 saturated heterocycles. The number of thioether (sulfide) groups is 1. The van der Waals surface area contributed by atoms with Gasteiger partial charge in [0.05, 0.1) is 5.25 Å². The standard InChI is InChI=1S/C22H34N2OS/c1-18-14-16-21(17-15-18)26-19(2)22(25)24-23-20-12-10-8-6-4-3-5-7-9-11-13-20/h14-17,19H,3-13H2,1-2H3,(H,24,25)/t19-/m1/s1. The number of aryl methyl sites for hydroxylation is 1. The number of hydrogen-bond acceptors (Lipinski definition) is 3. The van der Waals surface area contributed by atoms with E-state index in [9.17, 15) is 4.79 Å². The van der Waals surface area contributed by atoms with Gasteiger partial charge in [-0.1, -0.05) is 62.6 Å². The Kier molecular flexibility index (Phi) is 9.83. The zero-order valence-electron chi connectivity index (χ0n) is 16.4. The average molecular weight is 375 g/mol. The van der Waals surface area contributed by atoms with Crippen LogP contribution in [0.1, 0.15) is 83.1 Å². The van der Waals surface area contributed by atoms with E-state index in [0.29, 0.717) is 0 Å². The Hall–Kier alpha value is -1.29. The van der Waals surface area contributed by atoms with Gasteiger partial charge in [0.25, 0.3) is 5.91 Å². The third kappa shape index (κ3) is 8.39. The molecule has 0 unspecified atom stereocenters. The molecule has 1 aromatic rings. The van der Waals surface area contributed by atoms with E-state index in [4.69, 9.17) is 0 Å². The number of benzene rings is 1. The van der Waals surface area contributed by atoms with Gasteiger partial charge in [0, 0.05) is 10.6 Å². The van der Waals surface area contributed by atoms with E-state index in [-0.39, 0.29) is 11.2 Å². The highest BCUT2D eigenvalue weighted by molar-refractivity contribution is 8.00. The minimum atomic E-state index is -0.145. The second kappa shape index (κ2) is 12.2. The lowest BCUT2D eigenvalue weighted by atomic mass is 10.00. The molecule has 1 aromatic carbocycles. The molecule has 144 valence electrons. The van der Waals surface area contributed by atoms with Crippen LogP contribution < -0.4 is 5.43 Å². The van der Waals surface area contributed by atoms with Gasteiger partial charge in [0.1, 0.15) is 0 Å². The molecular weight excluding hydrogens is 340 g/mol. The predicted molar refractivity (Wildman–Crippen MR) is 113 cm³/mol. The monoisotopic (exact) mass is 374 g/mol. The van der Waals surface area contributed by atoms with E-state index in [1.165, 1.54) is 69.1 Å². The van der Waals surface area contributed by atoms with Crippen LogP contribution in [0.3, 0.4) is 0 Å². The second-order valence-corrected chi connectivity index (χ2v) is 8.82. The smallest absolute Gasteiger partial charge is 0.253 e. The summed E-state index contributed by atoms with van der Waals surface area (Å²) in [4.78, 5) is 13.5. The van der Waals surface area contributed by atoms with Crippen molar-refractivity contribution in [1.29, 1.82) is 0 Å². The molecule has 0 spiro atoms. The summed E-state index contributed by atoms with van der Waals surface area (Å²) in [6.45, 7) is 4.02. The fraction of sp³-hybridized carbons (Fsp3) is 0.636. The maximum atomic E-state index is 12.4. The number of carbonyl (C=O) groups excluding carboxylic acids is 1. The fourth-order valence-corrected chi connectivity index (χ4v) is 4.09. The summed E-state index contributed by atoms with van der Waals surface area (Å²) in [5.74, 6) is -0.00538. The largest absolute Gasteiger partial charge is 0.272 e. The Bertz CT molecular complexity index is 554. The maximum Gasteiger partial charge on any atom is 0.253 e. The van der Waals surface area contributed by atoms with Crippen LogP contribution in [-0.2, 0) is 4.79 Å². The van der Waals surface area contributed by atoms with E-state index in [0.717, 1.165) is 17.7 Å². The number of hydrazone groups is 1. The van der Waals surface area contributed by atoms with Gasteiger partial charge in [-0.3, -0.25) is 4.79 Å². The summed E-state index contributed by atoms with van der Waals surface area (Å²) in [5.41, 5.74) is 5.23. The predicted octanol–water partition coefficient (Wildman–Crippen LogP) is 6.25. The minimum Gasteiger partial charge on any atom is -0.272 e. The summed E-state index contributed by atoms with van der Waals surface area (Å²) in [6, 6.07) is 8.31. The van der Waals surface area contributed by atoms with Crippen molar-refractivity contribution < 1.29 is 4.79 Å². The van der Waals surface area contributed by atoms with Crippen LogP contribution in [-0.4, -0.2) is 16.9 Å². The first kappa shape index (κ1) is 21.0. The lowest BCUT2D eigenvalue weighted by Gasteiger charge is -2.12. The van der Waals surface area contributed by atoms with Crippen LogP contribution in [0.25, 0.3) is 0 Å². The van der Waals surface area contributed by atoms with Crippen LogP contribution in [0.15, 0.2) is 34.3 Å². The Morgan fingerprint density at radius 1 is 0.923 bits per heavy atom. The number of nitrogens with zero attached hydrogens (tertiary/aromatic N) is 1. The van der Waals surface area contributed by atoms with Crippen molar-refractivity contribution in [3.63, 3.8) is 0 Å². The molecule has 1 aliphatic rings.